The third kappa shape index (κ3) is 2.70. The van der Waals surface area contributed by atoms with Gasteiger partial charge in [0, 0.05) is 19.0 Å². The van der Waals surface area contributed by atoms with Gasteiger partial charge in [0.2, 0.25) is 0 Å². The normalized spacial score (nSPS) is 27.9. The molecule has 3 unspecified atom stereocenters. The summed E-state index contributed by atoms with van der Waals surface area (Å²) in [6, 6.07) is 4.02. The van der Waals surface area contributed by atoms with E-state index in [2.05, 4.69) is 11.9 Å². The van der Waals surface area contributed by atoms with Crippen LogP contribution in [0.5, 0.6) is 0 Å². The third-order valence-corrected chi connectivity index (χ3v) is 3.38. The summed E-state index contributed by atoms with van der Waals surface area (Å²) in [5.74, 6) is 0.578. The fourth-order valence-electron chi connectivity index (χ4n) is 2.04. The highest BCUT2D eigenvalue weighted by Crippen LogP contribution is 2.27. The summed E-state index contributed by atoms with van der Waals surface area (Å²) >= 11 is 6.37. The molecule has 1 aromatic heterocycles. The van der Waals surface area contributed by atoms with E-state index in [1.807, 2.05) is 12.1 Å². The topological polar surface area (TPSA) is 22.1 Å². The van der Waals surface area contributed by atoms with Crippen LogP contribution in [0.15, 0.2) is 24.5 Å². The van der Waals surface area contributed by atoms with Crippen LogP contribution in [0, 0.1) is 5.92 Å². The van der Waals surface area contributed by atoms with E-state index in [0.717, 1.165) is 19.4 Å². The highest BCUT2D eigenvalue weighted by atomic mass is 35.5. The Morgan fingerprint density at radius 2 is 2.27 bits per heavy atom. The first-order valence-electron chi connectivity index (χ1n) is 5.42. The SMILES string of the molecule is CC1CCOC1C(Cl)Cc1ccncc1. The zero-order chi connectivity index (χ0) is 10.7. The van der Waals surface area contributed by atoms with Gasteiger partial charge in [-0.3, -0.25) is 4.98 Å². The fourth-order valence-corrected chi connectivity index (χ4v) is 2.54. The van der Waals surface area contributed by atoms with Crippen molar-refractivity contribution in [2.24, 2.45) is 5.92 Å². The van der Waals surface area contributed by atoms with Gasteiger partial charge in [0.1, 0.15) is 0 Å². The van der Waals surface area contributed by atoms with Gasteiger partial charge >= 0.3 is 0 Å². The standard InChI is InChI=1S/C12H16ClNO/c1-9-4-7-15-12(9)11(13)8-10-2-5-14-6-3-10/h2-3,5-6,9,11-12H,4,7-8H2,1H3. The molecular weight excluding hydrogens is 210 g/mol. The maximum atomic E-state index is 6.37. The molecule has 1 aliphatic heterocycles. The second kappa shape index (κ2) is 4.95. The Balaban J connectivity index is 1.94. The van der Waals surface area contributed by atoms with Gasteiger partial charge in [-0.05, 0) is 36.5 Å². The van der Waals surface area contributed by atoms with Gasteiger partial charge in [-0.1, -0.05) is 6.92 Å². The predicted molar refractivity (Wildman–Crippen MR) is 61.1 cm³/mol. The number of hydrogen-bond donors (Lipinski definition) is 0. The van der Waals surface area contributed by atoms with Crippen LogP contribution in [-0.2, 0) is 11.2 Å². The Hall–Kier alpha value is -0.600. The van der Waals surface area contributed by atoms with Crippen molar-refractivity contribution in [3.63, 3.8) is 0 Å². The molecule has 3 atom stereocenters. The van der Waals surface area contributed by atoms with Gasteiger partial charge in [0.05, 0.1) is 11.5 Å². The molecule has 0 spiro atoms. The van der Waals surface area contributed by atoms with Crippen LogP contribution in [0.4, 0.5) is 0 Å². The number of aromatic nitrogens is 1. The molecule has 0 bridgehead atoms. The van der Waals surface area contributed by atoms with Gasteiger partial charge in [-0.2, -0.15) is 0 Å². The Labute approximate surface area is 95.6 Å². The van der Waals surface area contributed by atoms with Crippen LogP contribution in [0.25, 0.3) is 0 Å². The fraction of sp³-hybridized carbons (Fsp3) is 0.583. The van der Waals surface area contributed by atoms with E-state index in [1.54, 1.807) is 12.4 Å². The molecule has 3 heteroatoms. The summed E-state index contributed by atoms with van der Waals surface area (Å²) in [5.41, 5.74) is 1.23. The second-order valence-corrected chi connectivity index (χ2v) is 4.74. The first-order valence-corrected chi connectivity index (χ1v) is 5.85. The molecule has 1 aromatic rings. The summed E-state index contributed by atoms with van der Waals surface area (Å²) in [7, 11) is 0. The zero-order valence-electron chi connectivity index (χ0n) is 8.90. The van der Waals surface area contributed by atoms with Gasteiger partial charge in [-0.25, -0.2) is 0 Å². The summed E-state index contributed by atoms with van der Waals surface area (Å²) in [6.45, 7) is 3.06. The van der Waals surface area contributed by atoms with Gasteiger partial charge in [0.15, 0.2) is 0 Å². The summed E-state index contributed by atoms with van der Waals surface area (Å²) < 4.78 is 5.65. The van der Waals surface area contributed by atoms with Crippen molar-refractivity contribution in [2.45, 2.75) is 31.2 Å². The summed E-state index contributed by atoms with van der Waals surface area (Å²) in [4.78, 5) is 3.99. The highest BCUT2D eigenvalue weighted by Gasteiger charge is 2.30. The molecule has 0 N–H and O–H groups in total. The molecule has 0 radical (unpaired) electrons. The van der Waals surface area contributed by atoms with E-state index >= 15 is 0 Å². The summed E-state index contributed by atoms with van der Waals surface area (Å²) in [5, 5.41) is 0.0740. The monoisotopic (exact) mass is 225 g/mol. The Bertz CT molecular complexity index is 304. The molecule has 1 aliphatic rings. The van der Waals surface area contributed by atoms with E-state index in [9.17, 15) is 0 Å². The quantitative estimate of drug-likeness (QED) is 0.738. The van der Waals surface area contributed by atoms with Crippen molar-refractivity contribution in [1.29, 1.82) is 0 Å². The number of alkyl halides is 1. The lowest BCUT2D eigenvalue weighted by Crippen LogP contribution is -2.27. The molecular formula is C12H16ClNO. The maximum absolute atomic E-state index is 6.37. The first-order chi connectivity index (χ1) is 7.27. The van der Waals surface area contributed by atoms with Crippen LogP contribution in [0.1, 0.15) is 18.9 Å². The van der Waals surface area contributed by atoms with Crippen molar-refractivity contribution in [2.75, 3.05) is 6.61 Å². The van der Waals surface area contributed by atoms with Crippen LogP contribution in [0.2, 0.25) is 0 Å². The Morgan fingerprint density at radius 3 is 2.87 bits per heavy atom. The van der Waals surface area contributed by atoms with Crippen molar-refractivity contribution in [1.82, 2.24) is 4.98 Å². The molecule has 1 saturated heterocycles. The van der Waals surface area contributed by atoms with Gasteiger partial charge in [-0.15, -0.1) is 11.6 Å². The zero-order valence-corrected chi connectivity index (χ0v) is 9.65. The van der Waals surface area contributed by atoms with Crippen LogP contribution < -0.4 is 0 Å². The number of pyridine rings is 1. The largest absolute Gasteiger partial charge is 0.376 e. The minimum absolute atomic E-state index is 0.0740. The second-order valence-electron chi connectivity index (χ2n) is 4.18. The highest BCUT2D eigenvalue weighted by molar-refractivity contribution is 6.21. The van der Waals surface area contributed by atoms with E-state index in [4.69, 9.17) is 16.3 Å². The number of halogens is 1. The summed E-state index contributed by atoms with van der Waals surface area (Å²) in [6.07, 6.45) is 5.80. The van der Waals surface area contributed by atoms with Crippen LogP contribution in [-0.4, -0.2) is 23.1 Å². The van der Waals surface area contributed by atoms with Crippen LogP contribution >= 0.6 is 11.6 Å². The van der Waals surface area contributed by atoms with Crippen LogP contribution in [0.3, 0.4) is 0 Å². The molecule has 2 heterocycles. The molecule has 2 nitrogen and oxygen atoms in total. The number of hydrogen-bond acceptors (Lipinski definition) is 2. The molecule has 0 saturated carbocycles. The Morgan fingerprint density at radius 1 is 1.53 bits per heavy atom. The first kappa shape index (κ1) is 10.9. The number of ether oxygens (including phenoxy) is 1. The molecule has 0 aliphatic carbocycles. The molecule has 0 aromatic carbocycles. The molecule has 2 rings (SSSR count). The maximum Gasteiger partial charge on any atom is 0.0768 e. The molecule has 1 fully saturated rings. The van der Waals surface area contributed by atoms with Gasteiger partial charge < -0.3 is 4.74 Å². The third-order valence-electron chi connectivity index (χ3n) is 2.98. The Kier molecular flexibility index (Phi) is 3.60. The van der Waals surface area contributed by atoms with Crippen molar-refractivity contribution in [3.8, 4) is 0 Å². The van der Waals surface area contributed by atoms with Crippen molar-refractivity contribution >= 4 is 11.6 Å². The predicted octanol–water partition coefficient (Wildman–Crippen LogP) is 2.66. The average molecular weight is 226 g/mol. The van der Waals surface area contributed by atoms with Crippen molar-refractivity contribution < 1.29 is 4.74 Å². The molecule has 0 amide bonds. The van der Waals surface area contributed by atoms with E-state index < -0.39 is 0 Å². The van der Waals surface area contributed by atoms with Crippen molar-refractivity contribution in [3.05, 3.63) is 30.1 Å². The van der Waals surface area contributed by atoms with E-state index in [-0.39, 0.29) is 11.5 Å². The van der Waals surface area contributed by atoms with Gasteiger partial charge in [0.25, 0.3) is 0 Å². The smallest absolute Gasteiger partial charge is 0.0768 e. The lowest BCUT2D eigenvalue weighted by molar-refractivity contribution is 0.0903. The van der Waals surface area contributed by atoms with E-state index in [1.165, 1.54) is 5.56 Å². The lowest BCUT2D eigenvalue weighted by atomic mass is 9.97. The van der Waals surface area contributed by atoms with E-state index in [0.29, 0.717) is 5.92 Å². The lowest BCUT2D eigenvalue weighted by Gasteiger charge is -2.20. The minimum Gasteiger partial charge on any atom is -0.376 e. The number of rotatable bonds is 3. The molecule has 15 heavy (non-hydrogen) atoms. The minimum atomic E-state index is 0.0740. The number of nitrogens with zero attached hydrogens (tertiary/aromatic N) is 1. The average Bonchev–Trinajstić information content (AvgIpc) is 2.66. The molecule has 82 valence electrons.